The largest absolute Gasteiger partial charge is 0.479 e. The molecule has 0 aromatic heterocycles. The van der Waals surface area contributed by atoms with Crippen molar-refractivity contribution in [1.82, 2.24) is 0 Å². The van der Waals surface area contributed by atoms with E-state index in [2.05, 4.69) is 10.6 Å². The predicted octanol–water partition coefficient (Wildman–Crippen LogP) is 3.89. The molecule has 7 nitrogen and oxygen atoms in total. The first-order chi connectivity index (χ1) is 15.0. The van der Waals surface area contributed by atoms with Gasteiger partial charge in [0.1, 0.15) is 5.75 Å². The summed E-state index contributed by atoms with van der Waals surface area (Å²) in [7, 11) is 0. The van der Waals surface area contributed by atoms with E-state index in [9.17, 15) is 14.4 Å². The van der Waals surface area contributed by atoms with Gasteiger partial charge in [-0.2, -0.15) is 0 Å². The first-order valence-electron chi connectivity index (χ1n) is 9.66. The summed E-state index contributed by atoms with van der Waals surface area (Å²) in [5.74, 6) is -1.09. The van der Waals surface area contributed by atoms with Gasteiger partial charge in [0, 0.05) is 5.69 Å². The molecule has 158 valence electrons. The molecule has 2 amide bonds. The zero-order valence-corrected chi connectivity index (χ0v) is 16.9. The number of hydrogen-bond acceptors (Lipinski definition) is 5. The Morgan fingerprint density at radius 1 is 0.806 bits per heavy atom. The smallest absolute Gasteiger partial charge is 0.347 e. The van der Waals surface area contributed by atoms with Gasteiger partial charge in [-0.3, -0.25) is 9.59 Å². The fourth-order valence-electron chi connectivity index (χ4n) is 2.70. The summed E-state index contributed by atoms with van der Waals surface area (Å²) in [5, 5.41) is 5.37. The van der Waals surface area contributed by atoms with Crippen molar-refractivity contribution in [2.45, 2.75) is 13.0 Å². The number of benzene rings is 3. The van der Waals surface area contributed by atoms with Gasteiger partial charge in [0.05, 0.1) is 11.3 Å². The third-order valence-corrected chi connectivity index (χ3v) is 4.21. The summed E-state index contributed by atoms with van der Waals surface area (Å²) in [6, 6.07) is 24.4. The van der Waals surface area contributed by atoms with Crippen molar-refractivity contribution >= 4 is 29.2 Å². The molecule has 0 fully saturated rings. The molecule has 3 rings (SSSR count). The minimum absolute atomic E-state index is 0.284. The van der Waals surface area contributed by atoms with Gasteiger partial charge in [0.2, 0.25) is 0 Å². The van der Waals surface area contributed by atoms with Crippen LogP contribution < -0.4 is 15.4 Å². The van der Waals surface area contributed by atoms with E-state index in [0.29, 0.717) is 17.1 Å². The molecule has 0 spiro atoms. The minimum Gasteiger partial charge on any atom is -0.479 e. The van der Waals surface area contributed by atoms with Crippen LogP contribution in [-0.4, -0.2) is 30.5 Å². The van der Waals surface area contributed by atoms with Crippen LogP contribution in [0.25, 0.3) is 0 Å². The second-order valence-electron chi connectivity index (χ2n) is 6.59. The third-order valence-electron chi connectivity index (χ3n) is 4.21. The van der Waals surface area contributed by atoms with Crippen LogP contribution in [0.15, 0.2) is 84.9 Å². The summed E-state index contributed by atoms with van der Waals surface area (Å²) in [4.78, 5) is 36.9. The molecular formula is C24H22N2O5. The van der Waals surface area contributed by atoms with E-state index < -0.39 is 24.6 Å². The molecular weight excluding hydrogens is 396 g/mol. The van der Waals surface area contributed by atoms with Crippen LogP contribution in [0.4, 0.5) is 11.4 Å². The van der Waals surface area contributed by atoms with Crippen molar-refractivity contribution in [1.29, 1.82) is 0 Å². The zero-order chi connectivity index (χ0) is 22.1. The van der Waals surface area contributed by atoms with E-state index in [1.54, 1.807) is 72.8 Å². The Labute approximate surface area is 180 Å². The molecule has 0 heterocycles. The maximum atomic E-state index is 12.6. The number of hydrogen-bond donors (Lipinski definition) is 2. The second-order valence-corrected chi connectivity index (χ2v) is 6.59. The predicted molar refractivity (Wildman–Crippen MR) is 117 cm³/mol. The van der Waals surface area contributed by atoms with E-state index in [1.165, 1.54) is 6.92 Å². The van der Waals surface area contributed by atoms with Crippen LogP contribution in [-0.2, 0) is 14.3 Å². The van der Waals surface area contributed by atoms with Gasteiger partial charge < -0.3 is 20.1 Å². The number of rotatable bonds is 8. The number of para-hydroxylation sites is 3. The van der Waals surface area contributed by atoms with Crippen LogP contribution in [0.5, 0.6) is 5.75 Å². The first-order valence-corrected chi connectivity index (χ1v) is 9.66. The van der Waals surface area contributed by atoms with Gasteiger partial charge >= 0.3 is 5.97 Å². The summed E-state index contributed by atoms with van der Waals surface area (Å²) in [5.41, 5.74) is 1.23. The standard InChI is InChI=1S/C24H22N2O5/c1-17(31-19-12-6-3-7-13-19)24(29)30-16-22(27)26-21-15-9-8-14-20(21)23(28)25-18-10-4-2-5-11-18/h2-15,17H,16H2,1H3,(H,25,28)(H,26,27)/t17-/m0/s1. The Hall–Kier alpha value is -4.13. The van der Waals surface area contributed by atoms with E-state index in [0.717, 1.165) is 0 Å². The Bertz CT molecular complexity index is 1040. The first kappa shape index (κ1) is 21.6. The number of ether oxygens (including phenoxy) is 2. The zero-order valence-electron chi connectivity index (χ0n) is 16.9. The molecule has 7 heteroatoms. The van der Waals surface area contributed by atoms with Crippen LogP contribution >= 0.6 is 0 Å². The van der Waals surface area contributed by atoms with Gasteiger partial charge in [-0.15, -0.1) is 0 Å². The molecule has 31 heavy (non-hydrogen) atoms. The maximum Gasteiger partial charge on any atom is 0.347 e. The molecule has 0 saturated carbocycles. The van der Waals surface area contributed by atoms with Gasteiger partial charge in [-0.25, -0.2) is 4.79 Å². The molecule has 0 aliphatic rings. The normalized spacial score (nSPS) is 11.1. The molecule has 0 saturated heterocycles. The average molecular weight is 418 g/mol. The Balaban J connectivity index is 1.54. The fourth-order valence-corrected chi connectivity index (χ4v) is 2.70. The number of amides is 2. The molecule has 0 aliphatic carbocycles. The van der Waals surface area contributed by atoms with Gasteiger partial charge in [0.15, 0.2) is 12.7 Å². The molecule has 3 aromatic carbocycles. The summed E-state index contributed by atoms with van der Waals surface area (Å²) < 4.78 is 10.5. The highest BCUT2D eigenvalue weighted by Crippen LogP contribution is 2.17. The van der Waals surface area contributed by atoms with Crippen molar-refractivity contribution in [3.63, 3.8) is 0 Å². The van der Waals surface area contributed by atoms with Crippen LogP contribution in [0.1, 0.15) is 17.3 Å². The quantitative estimate of drug-likeness (QED) is 0.542. The van der Waals surface area contributed by atoms with Crippen LogP contribution in [0.2, 0.25) is 0 Å². The van der Waals surface area contributed by atoms with Crippen LogP contribution in [0, 0.1) is 0 Å². The maximum absolute atomic E-state index is 12.6. The number of carbonyl (C=O) groups is 3. The molecule has 1 atom stereocenters. The SMILES string of the molecule is C[C@H](Oc1ccccc1)C(=O)OCC(=O)Nc1ccccc1C(=O)Nc1ccccc1. The number of carbonyl (C=O) groups excluding carboxylic acids is 3. The summed E-state index contributed by atoms with van der Waals surface area (Å²) in [6.45, 7) is 1.03. The monoisotopic (exact) mass is 418 g/mol. The Kier molecular flexibility index (Phi) is 7.37. The molecule has 2 N–H and O–H groups in total. The van der Waals surface area contributed by atoms with E-state index in [1.807, 2.05) is 12.1 Å². The highest BCUT2D eigenvalue weighted by atomic mass is 16.6. The Morgan fingerprint density at radius 2 is 1.42 bits per heavy atom. The lowest BCUT2D eigenvalue weighted by molar-refractivity contribution is -0.153. The van der Waals surface area contributed by atoms with Crippen molar-refractivity contribution in [2.75, 3.05) is 17.2 Å². The summed E-state index contributed by atoms with van der Waals surface area (Å²) in [6.07, 6.45) is -0.876. The number of esters is 1. The highest BCUT2D eigenvalue weighted by molar-refractivity contribution is 6.10. The lowest BCUT2D eigenvalue weighted by Gasteiger charge is -2.14. The van der Waals surface area contributed by atoms with E-state index in [-0.39, 0.29) is 11.5 Å². The third kappa shape index (κ3) is 6.43. The molecule has 0 aliphatic heterocycles. The van der Waals surface area contributed by atoms with Crippen molar-refractivity contribution in [2.24, 2.45) is 0 Å². The van der Waals surface area contributed by atoms with Crippen molar-refractivity contribution in [3.05, 3.63) is 90.5 Å². The minimum atomic E-state index is -0.876. The van der Waals surface area contributed by atoms with Crippen molar-refractivity contribution < 1.29 is 23.9 Å². The van der Waals surface area contributed by atoms with E-state index >= 15 is 0 Å². The topological polar surface area (TPSA) is 93.7 Å². The van der Waals surface area contributed by atoms with Gasteiger partial charge in [-0.1, -0.05) is 48.5 Å². The fraction of sp³-hybridized carbons (Fsp3) is 0.125. The van der Waals surface area contributed by atoms with Crippen molar-refractivity contribution in [3.8, 4) is 5.75 Å². The Morgan fingerprint density at radius 3 is 2.13 bits per heavy atom. The molecule has 0 radical (unpaired) electrons. The van der Waals surface area contributed by atoms with Gasteiger partial charge in [0.25, 0.3) is 11.8 Å². The number of anilines is 2. The lowest BCUT2D eigenvalue weighted by atomic mass is 10.1. The molecule has 3 aromatic rings. The lowest BCUT2D eigenvalue weighted by Crippen LogP contribution is -2.30. The average Bonchev–Trinajstić information content (AvgIpc) is 2.79. The highest BCUT2D eigenvalue weighted by Gasteiger charge is 2.19. The number of nitrogens with one attached hydrogen (secondary N) is 2. The van der Waals surface area contributed by atoms with E-state index in [4.69, 9.17) is 9.47 Å². The molecule has 0 unspecified atom stereocenters. The molecule has 0 bridgehead atoms. The summed E-state index contributed by atoms with van der Waals surface area (Å²) >= 11 is 0. The van der Waals surface area contributed by atoms with Crippen LogP contribution in [0.3, 0.4) is 0 Å². The second kappa shape index (κ2) is 10.6. The van der Waals surface area contributed by atoms with Gasteiger partial charge in [-0.05, 0) is 43.3 Å².